The number of carbonyl (C=O) groups is 1. The first-order chi connectivity index (χ1) is 14.3. The van der Waals surface area contributed by atoms with Crippen molar-refractivity contribution in [2.45, 2.75) is 25.8 Å². The fourth-order valence-electron chi connectivity index (χ4n) is 3.45. The Morgan fingerprint density at radius 2 is 1.93 bits per heavy atom. The van der Waals surface area contributed by atoms with Crippen LogP contribution in [0, 0.1) is 17.1 Å². The van der Waals surface area contributed by atoms with Crippen molar-refractivity contribution in [2.24, 2.45) is 0 Å². The molecule has 1 aromatic heterocycles. The Balaban J connectivity index is 1.58. The molecule has 3 aromatic rings. The van der Waals surface area contributed by atoms with Gasteiger partial charge in [-0.25, -0.2) is 14.1 Å². The molecule has 0 N–H and O–H groups in total. The third-order valence-corrected chi connectivity index (χ3v) is 4.82. The summed E-state index contributed by atoms with van der Waals surface area (Å²) in [6, 6.07) is 9.70. The highest BCUT2D eigenvalue weighted by Gasteiger charge is 2.37. The highest BCUT2D eigenvalue weighted by atomic mass is 19.4. The molecule has 6 nitrogen and oxygen atoms in total. The van der Waals surface area contributed by atoms with Crippen LogP contribution in [-0.4, -0.2) is 25.6 Å². The van der Waals surface area contributed by atoms with Gasteiger partial charge in [0.05, 0.1) is 5.56 Å². The maximum Gasteiger partial charge on any atom is 0.419 e. The first-order valence-electron chi connectivity index (χ1n) is 8.81. The zero-order valence-corrected chi connectivity index (χ0v) is 15.3. The monoisotopic (exact) mass is 415 g/mol. The summed E-state index contributed by atoms with van der Waals surface area (Å²) in [7, 11) is 0. The highest BCUT2D eigenvalue weighted by Crippen LogP contribution is 2.39. The van der Waals surface area contributed by atoms with Crippen LogP contribution in [-0.2, 0) is 30.6 Å². The maximum absolute atomic E-state index is 13.9. The Morgan fingerprint density at radius 1 is 1.17 bits per heavy atom. The smallest absolute Gasteiger partial charge is 0.332 e. The van der Waals surface area contributed by atoms with Crippen molar-refractivity contribution < 1.29 is 22.4 Å². The lowest BCUT2D eigenvalue weighted by molar-refractivity contribution is -0.139. The number of hydrogen-bond acceptors (Lipinski definition) is 4. The number of hydrogen-bond donors (Lipinski definition) is 0. The average Bonchev–Trinajstić information content (AvgIpc) is 3.32. The number of fused-ring (bicyclic) bond motifs is 1. The Hall–Kier alpha value is -3.74. The van der Waals surface area contributed by atoms with Crippen LogP contribution in [0.4, 0.5) is 17.6 Å². The van der Waals surface area contributed by atoms with Crippen molar-refractivity contribution in [2.75, 3.05) is 0 Å². The van der Waals surface area contributed by atoms with E-state index in [9.17, 15) is 22.4 Å². The lowest BCUT2D eigenvalue weighted by Crippen LogP contribution is -2.29. The highest BCUT2D eigenvalue weighted by molar-refractivity contribution is 5.77. The van der Waals surface area contributed by atoms with Gasteiger partial charge in [-0.3, -0.25) is 4.79 Å². The molecule has 0 saturated heterocycles. The van der Waals surface area contributed by atoms with Gasteiger partial charge in [-0.1, -0.05) is 24.3 Å². The van der Waals surface area contributed by atoms with Gasteiger partial charge in [0.25, 0.3) is 5.82 Å². The lowest BCUT2D eigenvalue weighted by Gasteiger charge is -2.15. The molecule has 1 aliphatic heterocycles. The minimum absolute atomic E-state index is 0.0484. The van der Waals surface area contributed by atoms with Gasteiger partial charge in [-0.05, 0) is 34.4 Å². The molecule has 30 heavy (non-hydrogen) atoms. The van der Waals surface area contributed by atoms with Crippen LogP contribution >= 0.6 is 0 Å². The second kappa shape index (κ2) is 7.26. The molecule has 0 spiro atoms. The van der Waals surface area contributed by atoms with Crippen LogP contribution in [0.5, 0.6) is 0 Å². The Kier molecular flexibility index (Phi) is 4.73. The number of nitrogens with zero attached hydrogens (tertiary/aromatic N) is 5. The van der Waals surface area contributed by atoms with Crippen molar-refractivity contribution in [1.82, 2.24) is 19.7 Å². The van der Waals surface area contributed by atoms with Crippen molar-refractivity contribution in [1.29, 1.82) is 5.26 Å². The molecule has 2 heterocycles. The molecule has 1 amide bonds. The largest absolute Gasteiger partial charge is 0.419 e. The molecular weight excluding hydrogens is 402 g/mol. The van der Waals surface area contributed by atoms with E-state index < -0.39 is 17.6 Å². The van der Waals surface area contributed by atoms with E-state index in [1.807, 2.05) is 0 Å². The second-order valence-electron chi connectivity index (χ2n) is 6.77. The van der Waals surface area contributed by atoms with Gasteiger partial charge in [-0.15, -0.1) is 5.10 Å². The summed E-state index contributed by atoms with van der Waals surface area (Å²) in [6.45, 7) is 0.389. The van der Waals surface area contributed by atoms with Gasteiger partial charge in [0.15, 0.2) is 0 Å². The van der Waals surface area contributed by atoms with E-state index in [1.54, 1.807) is 18.2 Å². The molecular formula is C20H13F4N5O. The Labute approximate surface area is 168 Å². The third kappa shape index (κ3) is 3.61. The molecule has 0 aliphatic carbocycles. The van der Waals surface area contributed by atoms with Crippen LogP contribution in [0.2, 0.25) is 0 Å². The molecule has 0 radical (unpaired) electrons. The topological polar surface area (TPSA) is 74.8 Å². The van der Waals surface area contributed by atoms with Gasteiger partial charge in [0.2, 0.25) is 5.91 Å². The molecule has 152 valence electrons. The number of carbonyl (C=O) groups excluding carboxylic acids is 1. The van der Waals surface area contributed by atoms with E-state index in [4.69, 9.17) is 5.26 Å². The predicted molar refractivity (Wildman–Crippen MR) is 95.8 cm³/mol. The quantitative estimate of drug-likeness (QED) is 0.614. The number of aromatic nitrogens is 3. The zero-order chi connectivity index (χ0) is 21.5. The van der Waals surface area contributed by atoms with Crippen LogP contribution in [0.1, 0.15) is 22.5 Å². The SMILES string of the molecule is N#Cc1ncn(CC(=O)N2Cc3ccc(-c4cccc(F)c4C(F)(F)F)cc3C2)n1. The number of amides is 1. The Bertz CT molecular complexity index is 1180. The van der Waals surface area contributed by atoms with Gasteiger partial charge in [0, 0.05) is 13.1 Å². The molecule has 0 atom stereocenters. The first kappa shape index (κ1) is 19.6. The second-order valence-corrected chi connectivity index (χ2v) is 6.77. The van der Waals surface area contributed by atoms with Crippen molar-refractivity contribution >= 4 is 5.91 Å². The molecule has 0 saturated carbocycles. The third-order valence-electron chi connectivity index (χ3n) is 4.82. The summed E-state index contributed by atoms with van der Waals surface area (Å²) in [5.74, 6) is -1.65. The molecule has 1 aliphatic rings. The molecule has 0 unspecified atom stereocenters. The van der Waals surface area contributed by atoms with E-state index in [-0.39, 0.29) is 35.9 Å². The standard InChI is InChI=1S/C20H13F4N5O/c21-16-3-1-2-15(19(16)20(22,23)24)12-4-5-13-8-28(9-14(13)6-12)18(30)10-29-11-26-17(7-25)27-29/h1-6,11H,8-10H2. The predicted octanol–water partition coefficient (Wildman–Crippen LogP) is 3.52. The van der Waals surface area contributed by atoms with Crippen LogP contribution in [0.15, 0.2) is 42.7 Å². The van der Waals surface area contributed by atoms with Crippen molar-refractivity contribution in [3.8, 4) is 17.2 Å². The normalized spacial score (nSPS) is 13.2. The van der Waals surface area contributed by atoms with E-state index in [2.05, 4.69) is 10.1 Å². The Morgan fingerprint density at radius 3 is 2.63 bits per heavy atom. The summed E-state index contributed by atoms with van der Waals surface area (Å²) >= 11 is 0. The minimum atomic E-state index is -4.83. The van der Waals surface area contributed by atoms with Gasteiger partial charge in [0.1, 0.15) is 24.8 Å². The maximum atomic E-state index is 13.9. The van der Waals surface area contributed by atoms with Crippen LogP contribution < -0.4 is 0 Å². The zero-order valence-electron chi connectivity index (χ0n) is 15.3. The fraction of sp³-hybridized carbons (Fsp3) is 0.200. The first-order valence-corrected chi connectivity index (χ1v) is 8.81. The van der Waals surface area contributed by atoms with E-state index in [0.717, 1.165) is 11.6 Å². The van der Waals surface area contributed by atoms with Gasteiger partial charge < -0.3 is 4.90 Å². The molecule has 0 fully saturated rings. The molecule has 2 aromatic carbocycles. The van der Waals surface area contributed by atoms with Crippen LogP contribution in [0.25, 0.3) is 11.1 Å². The van der Waals surface area contributed by atoms with Gasteiger partial charge >= 0.3 is 6.18 Å². The summed E-state index contributed by atoms with van der Waals surface area (Å²) < 4.78 is 55.2. The van der Waals surface area contributed by atoms with Crippen LogP contribution in [0.3, 0.4) is 0 Å². The van der Waals surface area contributed by atoms with Crippen molar-refractivity contribution in [3.63, 3.8) is 0 Å². The number of nitriles is 1. The number of halogens is 4. The van der Waals surface area contributed by atoms with E-state index in [1.165, 1.54) is 34.1 Å². The number of rotatable bonds is 3. The lowest BCUT2D eigenvalue weighted by atomic mass is 9.96. The van der Waals surface area contributed by atoms with E-state index >= 15 is 0 Å². The summed E-state index contributed by atoms with van der Waals surface area (Å²) in [5.41, 5.74) is 0.157. The molecule has 4 rings (SSSR count). The molecule has 10 heteroatoms. The summed E-state index contributed by atoms with van der Waals surface area (Å²) in [4.78, 5) is 17.8. The summed E-state index contributed by atoms with van der Waals surface area (Å²) in [6.07, 6.45) is -3.55. The number of benzene rings is 2. The minimum Gasteiger partial charge on any atom is -0.332 e. The fourth-order valence-corrected chi connectivity index (χ4v) is 3.45. The van der Waals surface area contributed by atoms with Gasteiger partial charge in [-0.2, -0.15) is 18.4 Å². The summed E-state index contributed by atoms with van der Waals surface area (Å²) in [5, 5.41) is 12.6. The average molecular weight is 415 g/mol. The van der Waals surface area contributed by atoms with Crippen molar-refractivity contribution in [3.05, 3.63) is 71.1 Å². The number of alkyl halides is 3. The van der Waals surface area contributed by atoms with E-state index in [0.29, 0.717) is 12.1 Å². The molecule has 0 bridgehead atoms.